The highest BCUT2D eigenvalue weighted by molar-refractivity contribution is 5.33. The second-order valence-electron chi connectivity index (χ2n) is 4.34. The van der Waals surface area contributed by atoms with Gasteiger partial charge in [0.2, 0.25) is 5.95 Å². The Kier molecular flexibility index (Phi) is 3.36. The van der Waals surface area contributed by atoms with Crippen molar-refractivity contribution in [3.05, 3.63) is 18.0 Å². The van der Waals surface area contributed by atoms with Gasteiger partial charge in [-0.3, -0.25) is 0 Å². The molecule has 1 saturated heterocycles. The lowest BCUT2D eigenvalue weighted by Gasteiger charge is -2.39. The zero-order chi connectivity index (χ0) is 11.5. The molecule has 2 rings (SSSR count). The second kappa shape index (κ2) is 4.76. The van der Waals surface area contributed by atoms with E-state index in [0.29, 0.717) is 12.6 Å². The van der Waals surface area contributed by atoms with E-state index in [1.807, 2.05) is 19.2 Å². The topological polar surface area (TPSA) is 58.3 Å². The number of hydrogen-bond donors (Lipinski definition) is 1. The summed E-state index contributed by atoms with van der Waals surface area (Å²) >= 11 is 0. The van der Waals surface area contributed by atoms with E-state index in [4.69, 9.17) is 5.73 Å². The molecule has 1 unspecified atom stereocenters. The second-order valence-corrected chi connectivity index (χ2v) is 4.34. The Morgan fingerprint density at radius 1 is 1.50 bits per heavy atom. The van der Waals surface area contributed by atoms with E-state index in [1.165, 1.54) is 0 Å². The normalized spacial score (nSPS) is 22.4. The molecule has 0 spiro atoms. The fourth-order valence-electron chi connectivity index (χ4n) is 2.05. The average molecular weight is 221 g/mol. The van der Waals surface area contributed by atoms with Crippen LogP contribution in [-0.4, -0.2) is 54.1 Å². The van der Waals surface area contributed by atoms with Crippen molar-refractivity contribution >= 4 is 5.95 Å². The first kappa shape index (κ1) is 11.3. The van der Waals surface area contributed by atoms with Crippen molar-refractivity contribution in [2.45, 2.75) is 13.0 Å². The number of rotatable bonds is 2. The van der Waals surface area contributed by atoms with Crippen molar-refractivity contribution in [3.63, 3.8) is 0 Å². The minimum absolute atomic E-state index is 0.320. The maximum atomic E-state index is 5.81. The molecule has 16 heavy (non-hydrogen) atoms. The van der Waals surface area contributed by atoms with Gasteiger partial charge >= 0.3 is 0 Å². The van der Waals surface area contributed by atoms with Crippen LogP contribution in [0.1, 0.15) is 5.69 Å². The highest BCUT2D eigenvalue weighted by atomic mass is 15.3. The van der Waals surface area contributed by atoms with Gasteiger partial charge in [-0.15, -0.1) is 0 Å². The van der Waals surface area contributed by atoms with E-state index in [2.05, 4.69) is 26.8 Å². The van der Waals surface area contributed by atoms with E-state index in [9.17, 15) is 0 Å². The van der Waals surface area contributed by atoms with Crippen LogP contribution in [0.15, 0.2) is 12.3 Å². The standard InChI is InChI=1S/C11H19N5/c1-9-3-4-13-11(14-9)16-6-5-15(2)8-10(16)7-12/h3-4,10H,5-8,12H2,1-2H3. The zero-order valence-electron chi connectivity index (χ0n) is 9.93. The van der Waals surface area contributed by atoms with Gasteiger partial charge < -0.3 is 15.5 Å². The monoisotopic (exact) mass is 221 g/mol. The first-order chi connectivity index (χ1) is 7.70. The molecular formula is C11H19N5. The quantitative estimate of drug-likeness (QED) is 0.753. The molecular weight excluding hydrogens is 202 g/mol. The molecule has 88 valence electrons. The molecule has 5 heteroatoms. The maximum Gasteiger partial charge on any atom is 0.225 e. The van der Waals surface area contributed by atoms with Crippen molar-refractivity contribution in [1.29, 1.82) is 0 Å². The van der Waals surface area contributed by atoms with Gasteiger partial charge in [0.1, 0.15) is 0 Å². The zero-order valence-corrected chi connectivity index (χ0v) is 9.93. The van der Waals surface area contributed by atoms with Crippen LogP contribution < -0.4 is 10.6 Å². The van der Waals surface area contributed by atoms with Crippen LogP contribution in [0.4, 0.5) is 5.95 Å². The summed E-state index contributed by atoms with van der Waals surface area (Å²) in [6, 6.07) is 2.23. The number of nitrogens with two attached hydrogens (primary N) is 1. The fraction of sp³-hybridized carbons (Fsp3) is 0.636. The molecule has 0 bridgehead atoms. The van der Waals surface area contributed by atoms with Crippen molar-refractivity contribution in [2.75, 3.05) is 38.1 Å². The third kappa shape index (κ3) is 2.31. The van der Waals surface area contributed by atoms with Crippen LogP contribution in [0.2, 0.25) is 0 Å². The molecule has 0 amide bonds. The number of piperazine rings is 1. The van der Waals surface area contributed by atoms with Gasteiger partial charge in [-0.25, -0.2) is 9.97 Å². The summed E-state index contributed by atoms with van der Waals surface area (Å²) in [6.07, 6.45) is 1.81. The van der Waals surface area contributed by atoms with Crippen LogP contribution in [-0.2, 0) is 0 Å². The Morgan fingerprint density at radius 3 is 3.00 bits per heavy atom. The summed E-state index contributed by atoms with van der Waals surface area (Å²) in [5.41, 5.74) is 6.81. The number of aromatic nitrogens is 2. The Bertz CT molecular complexity index is 354. The van der Waals surface area contributed by atoms with Crippen molar-refractivity contribution in [3.8, 4) is 0 Å². The Balaban J connectivity index is 2.19. The molecule has 2 N–H and O–H groups in total. The first-order valence-corrected chi connectivity index (χ1v) is 5.65. The van der Waals surface area contributed by atoms with Crippen LogP contribution in [0, 0.1) is 6.92 Å². The summed E-state index contributed by atoms with van der Waals surface area (Å²) < 4.78 is 0. The van der Waals surface area contributed by atoms with Crippen molar-refractivity contribution in [2.24, 2.45) is 5.73 Å². The molecule has 0 aliphatic carbocycles. The van der Waals surface area contributed by atoms with Crippen LogP contribution in [0.25, 0.3) is 0 Å². The van der Waals surface area contributed by atoms with E-state index >= 15 is 0 Å². The molecule has 0 saturated carbocycles. The van der Waals surface area contributed by atoms with Crippen molar-refractivity contribution < 1.29 is 0 Å². The summed E-state index contributed by atoms with van der Waals surface area (Å²) in [4.78, 5) is 13.3. The largest absolute Gasteiger partial charge is 0.334 e. The lowest BCUT2D eigenvalue weighted by Crippen LogP contribution is -2.55. The fourth-order valence-corrected chi connectivity index (χ4v) is 2.05. The lowest BCUT2D eigenvalue weighted by atomic mass is 10.2. The summed E-state index contributed by atoms with van der Waals surface area (Å²) in [7, 11) is 2.12. The number of aryl methyl sites for hydroxylation is 1. The third-order valence-corrected chi connectivity index (χ3v) is 3.00. The first-order valence-electron chi connectivity index (χ1n) is 5.65. The Hall–Kier alpha value is -1.20. The predicted octanol–water partition coefficient (Wildman–Crippen LogP) is -0.136. The summed E-state index contributed by atoms with van der Waals surface area (Å²) in [5, 5.41) is 0. The van der Waals surface area contributed by atoms with Gasteiger partial charge in [-0.2, -0.15) is 0 Å². The molecule has 1 aromatic rings. The van der Waals surface area contributed by atoms with Crippen molar-refractivity contribution in [1.82, 2.24) is 14.9 Å². The lowest BCUT2D eigenvalue weighted by molar-refractivity contribution is 0.267. The molecule has 1 atom stereocenters. The third-order valence-electron chi connectivity index (χ3n) is 3.00. The maximum absolute atomic E-state index is 5.81. The van der Waals surface area contributed by atoms with Crippen LogP contribution in [0.5, 0.6) is 0 Å². The highest BCUT2D eigenvalue weighted by Gasteiger charge is 2.25. The van der Waals surface area contributed by atoms with E-state index < -0.39 is 0 Å². The summed E-state index contributed by atoms with van der Waals surface area (Å²) in [6.45, 7) is 5.59. The van der Waals surface area contributed by atoms with E-state index in [-0.39, 0.29) is 0 Å². The molecule has 1 aliphatic heterocycles. The van der Waals surface area contributed by atoms with E-state index in [1.54, 1.807) is 0 Å². The molecule has 0 aromatic carbocycles. The smallest absolute Gasteiger partial charge is 0.225 e. The molecule has 2 heterocycles. The minimum atomic E-state index is 0.320. The summed E-state index contributed by atoms with van der Waals surface area (Å²) in [5.74, 6) is 0.809. The molecule has 1 aromatic heterocycles. The van der Waals surface area contributed by atoms with Gasteiger partial charge in [-0.05, 0) is 20.0 Å². The molecule has 1 fully saturated rings. The van der Waals surface area contributed by atoms with Gasteiger partial charge in [0.05, 0.1) is 6.04 Å². The average Bonchev–Trinajstić information content (AvgIpc) is 2.28. The van der Waals surface area contributed by atoms with Gasteiger partial charge in [-0.1, -0.05) is 0 Å². The number of nitrogens with zero attached hydrogens (tertiary/aromatic N) is 4. The molecule has 1 aliphatic rings. The minimum Gasteiger partial charge on any atom is -0.334 e. The number of hydrogen-bond acceptors (Lipinski definition) is 5. The van der Waals surface area contributed by atoms with Gasteiger partial charge in [0.25, 0.3) is 0 Å². The highest BCUT2D eigenvalue weighted by Crippen LogP contribution is 2.15. The van der Waals surface area contributed by atoms with Gasteiger partial charge in [0.15, 0.2) is 0 Å². The Morgan fingerprint density at radius 2 is 2.31 bits per heavy atom. The van der Waals surface area contributed by atoms with Gasteiger partial charge in [0, 0.05) is 38.1 Å². The van der Waals surface area contributed by atoms with Crippen LogP contribution >= 0.6 is 0 Å². The predicted molar refractivity (Wildman–Crippen MR) is 64.5 cm³/mol. The Labute approximate surface area is 96.3 Å². The number of anilines is 1. The molecule has 5 nitrogen and oxygen atoms in total. The SMILES string of the molecule is Cc1ccnc(N2CCN(C)CC2CN)n1. The van der Waals surface area contributed by atoms with Crippen LogP contribution in [0.3, 0.4) is 0 Å². The van der Waals surface area contributed by atoms with E-state index in [0.717, 1.165) is 31.3 Å². The number of likely N-dealkylation sites (N-methyl/N-ethyl adjacent to an activating group) is 1. The molecule has 0 radical (unpaired) electrons.